The summed E-state index contributed by atoms with van der Waals surface area (Å²) < 4.78 is 0. The molecule has 0 aromatic carbocycles. The molecule has 0 fully saturated rings. The van der Waals surface area contributed by atoms with Crippen molar-refractivity contribution in [1.29, 1.82) is 0 Å². The first kappa shape index (κ1) is 5.15. The third-order valence-corrected chi connectivity index (χ3v) is 1.04. The fraction of sp³-hybridized carbons (Fsp3) is 0.400. The number of nitrogen functional groups attached to an aromatic ring is 1. The molecule has 0 saturated heterocycles. The van der Waals surface area contributed by atoms with Crippen molar-refractivity contribution in [2.24, 2.45) is 0 Å². The molecule has 0 amide bonds. The minimum atomic E-state index is 0.600. The van der Waals surface area contributed by atoms with Gasteiger partial charge in [-0.3, -0.25) is 0 Å². The van der Waals surface area contributed by atoms with Crippen molar-refractivity contribution in [2.75, 3.05) is 5.73 Å². The van der Waals surface area contributed by atoms with Crippen LogP contribution in [0.5, 0.6) is 0 Å². The normalized spacial score (nSPS) is 9.75. The Morgan fingerprint density at radius 2 is 2.12 bits per heavy atom. The van der Waals surface area contributed by atoms with E-state index in [1.54, 1.807) is 0 Å². The quantitative estimate of drug-likeness (QED) is 0.515. The number of hydrogen-bond donors (Lipinski definition) is 2. The summed E-state index contributed by atoms with van der Waals surface area (Å²) in [6.07, 6.45) is 0. The molecule has 0 saturated carbocycles. The van der Waals surface area contributed by atoms with E-state index in [1.807, 2.05) is 13.8 Å². The molecule has 3 N–H and O–H groups in total. The number of anilines is 1. The van der Waals surface area contributed by atoms with Crippen LogP contribution in [0.4, 0.5) is 5.82 Å². The van der Waals surface area contributed by atoms with Gasteiger partial charge >= 0.3 is 0 Å². The van der Waals surface area contributed by atoms with E-state index < -0.39 is 0 Å². The van der Waals surface area contributed by atoms with Crippen molar-refractivity contribution in [3.63, 3.8) is 0 Å². The van der Waals surface area contributed by atoms with Crippen LogP contribution in [0.15, 0.2) is 0 Å². The van der Waals surface area contributed by atoms with Gasteiger partial charge in [0.05, 0.1) is 5.69 Å². The Balaban J connectivity index is 3.14. The van der Waals surface area contributed by atoms with Crippen LogP contribution < -0.4 is 5.73 Å². The van der Waals surface area contributed by atoms with Gasteiger partial charge in [0, 0.05) is 0 Å². The molecule has 1 aromatic rings. The molecule has 1 rings (SSSR count). The maximum Gasteiger partial charge on any atom is 0.144 e. The summed E-state index contributed by atoms with van der Waals surface area (Å²) in [6.45, 7) is 3.78. The SMILES string of the molecule is Cc1nc(N)c(C)[nH]1. The Morgan fingerprint density at radius 3 is 2.25 bits per heavy atom. The molecule has 44 valence electrons. The number of aromatic amines is 1. The molecular weight excluding hydrogens is 102 g/mol. The van der Waals surface area contributed by atoms with Crippen LogP contribution >= 0.6 is 0 Å². The Bertz CT molecular complexity index is 170. The molecule has 8 heavy (non-hydrogen) atoms. The zero-order valence-corrected chi connectivity index (χ0v) is 5.02. The fourth-order valence-electron chi connectivity index (χ4n) is 0.628. The number of aromatic nitrogens is 2. The third kappa shape index (κ3) is 0.665. The van der Waals surface area contributed by atoms with Gasteiger partial charge in [-0.1, -0.05) is 0 Å². The van der Waals surface area contributed by atoms with E-state index in [0.29, 0.717) is 5.82 Å². The molecule has 0 unspecified atom stereocenters. The topological polar surface area (TPSA) is 54.7 Å². The number of hydrogen-bond acceptors (Lipinski definition) is 2. The Labute approximate surface area is 47.9 Å². The molecule has 0 aliphatic carbocycles. The third-order valence-electron chi connectivity index (χ3n) is 1.04. The van der Waals surface area contributed by atoms with Crippen molar-refractivity contribution in [2.45, 2.75) is 13.8 Å². The lowest BCUT2D eigenvalue weighted by Crippen LogP contribution is -1.85. The highest BCUT2D eigenvalue weighted by Crippen LogP contribution is 2.03. The van der Waals surface area contributed by atoms with Crippen molar-refractivity contribution in [3.8, 4) is 0 Å². The van der Waals surface area contributed by atoms with Gasteiger partial charge in [0.1, 0.15) is 11.6 Å². The molecule has 3 nitrogen and oxygen atoms in total. The predicted octanol–water partition coefficient (Wildman–Crippen LogP) is 0.609. The van der Waals surface area contributed by atoms with Crippen molar-refractivity contribution < 1.29 is 0 Å². The first-order chi connectivity index (χ1) is 3.70. The average Bonchev–Trinajstić information content (AvgIpc) is 1.85. The first-order valence-electron chi connectivity index (χ1n) is 2.49. The second kappa shape index (κ2) is 1.51. The Hall–Kier alpha value is -0.990. The second-order valence-corrected chi connectivity index (χ2v) is 1.83. The van der Waals surface area contributed by atoms with Crippen LogP contribution in [0.2, 0.25) is 0 Å². The molecule has 3 heteroatoms. The zero-order chi connectivity index (χ0) is 6.15. The highest BCUT2D eigenvalue weighted by atomic mass is 15.0. The number of nitrogens with zero attached hydrogens (tertiary/aromatic N) is 1. The van der Waals surface area contributed by atoms with Gasteiger partial charge in [-0.15, -0.1) is 0 Å². The van der Waals surface area contributed by atoms with E-state index >= 15 is 0 Å². The minimum Gasteiger partial charge on any atom is -0.382 e. The highest BCUT2D eigenvalue weighted by Gasteiger charge is 1.94. The molecule has 1 heterocycles. The summed E-state index contributed by atoms with van der Waals surface area (Å²) in [5.41, 5.74) is 6.35. The molecule has 0 atom stereocenters. The van der Waals surface area contributed by atoms with Gasteiger partial charge < -0.3 is 10.7 Å². The number of nitrogens with one attached hydrogen (secondary N) is 1. The summed E-state index contributed by atoms with van der Waals surface area (Å²) in [6, 6.07) is 0. The minimum absolute atomic E-state index is 0.600. The molecule has 1 aromatic heterocycles. The zero-order valence-electron chi connectivity index (χ0n) is 5.02. The first-order valence-corrected chi connectivity index (χ1v) is 2.49. The summed E-state index contributed by atoms with van der Waals surface area (Å²) in [7, 11) is 0. The van der Waals surface area contributed by atoms with E-state index in [0.717, 1.165) is 11.5 Å². The number of nitrogens with two attached hydrogens (primary N) is 1. The van der Waals surface area contributed by atoms with Gasteiger partial charge in [-0.05, 0) is 13.8 Å². The number of imidazole rings is 1. The summed E-state index contributed by atoms with van der Waals surface area (Å²) in [5, 5.41) is 0. The van der Waals surface area contributed by atoms with Crippen molar-refractivity contribution in [1.82, 2.24) is 9.97 Å². The van der Waals surface area contributed by atoms with E-state index in [2.05, 4.69) is 9.97 Å². The summed E-state index contributed by atoms with van der Waals surface area (Å²) in [4.78, 5) is 6.90. The Kier molecular flexibility index (Phi) is 0.970. The molecule has 0 radical (unpaired) electrons. The van der Waals surface area contributed by atoms with Crippen LogP contribution in [0.25, 0.3) is 0 Å². The lowest BCUT2D eigenvalue weighted by Gasteiger charge is -1.79. The van der Waals surface area contributed by atoms with Gasteiger partial charge in [0.25, 0.3) is 0 Å². The monoisotopic (exact) mass is 111 g/mol. The van der Waals surface area contributed by atoms with Crippen molar-refractivity contribution >= 4 is 5.82 Å². The molecule has 0 bridgehead atoms. The largest absolute Gasteiger partial charge is 0.382 e. The van der Waals surface area contributed by atoms with E-state index in [-0.39, 0.29) is 0 Å². The number of H-pyrrole nitrogens is 1. The van der Waals surface area contributed by atoms with E-state index in [9.17, 15) is 0 Å². The van der Waals surface area contributed by atoms with Gasteiger partial charge in [0.15, 0.2) is 0 Å². The highest BCUT2D eigenvalue weighted by molar-refractivity contribution is 5.33. The molecular formula is C5H9N3. The predicted molar refractivity (Wildman–Crippen MR) is 32.5 cm³/mol. The van der Waals surface area contributed by atoms with Crippen LogP contribution in [0.3, 0.4) is 0 Å². The molecule has 0 aliphatic heterocycles. The lowest BCUT2D eigenvalue weighted by atomic mass is 10.5. The summed E-state index contributed by atoms with van der Waals surface area (Å²) >= 11 is 0. The number of rotatable bonds is 0. The Morgan fingerprint density at radius 1 is 1.50 bits per heavy atom. The van der Waals surface area contributed by atoms with Gasteiger partial charge in [-0.25, -0.2) is 4.98 Å². The van der Waals surface area contributed by atoms with Crippen LogP contribution in [0.1, 0.15) is 11.5 Å². The van der Waals surface area contributed by atoms with Gasteiger partial charge in [-0.2, -0.15) is 0 Å². The standard InChI is InChI=1S/C5H9N3/c1-3-5(6)8-4(2)7-3/h6H2,1-2H3,(H,7,8). The van der Waals surface area contributed by atoms with E-state index in [4.69, 9.17) is 5.73 Å². The van der Waals surface area contributed by atoms with Crippen molar-refractivity contribution in [3.05, 3.63) is 11.5 Å². The maximum atomic E-state index is 5.40. The van der Waals surface area contributed by atoms with Crippen LogP contribution in [0, 0.1) is 13.8 Å². The van der Waals surface area contributed by atoms with E-state index in [1.165, 1.54) is 0 Å². The summed E-state index contributed by atoms with van der Waals surface area (Å²) in [5.74, 6) is 1.47. The fourth-order valence-corrected chi connectivity index (χ4v) is 0.628. The average molecular weight is 111 g/mol. The lowest BCUT2D eigenvalue weighted by molar-refractivity contribution is 1.13. The maximum absolute atomic E-state index is 5.40. The molecule has 0 aliphatic rings. The van der Waals surface area contributed by atoms with Crippen LogP contribution in [-0.4, -0.2) is 9.97 Å². The molecule has 0 spiro atoms. The number of aryl methyl sites for hydroxylation is 2. The second-order valence-electron chi connectivity index (χ2n) is 1.83. The van der Waals surface area contributed by atoms with Crippen LogP contribution in [-0.2, 0) is 0 Å². The van der Waals surface area contributed by atoms with Gasteiger partial charge in [0.2, 0.25) is 0 Å². The smallest absolute Gasteiger partial charge is 0.144 e.